The summed E-state index contributed by atoms with van der Waals surface area (Å²) in [6, 6.07) is 2.17. The molecule has 1 fully saturated rings. The van der Waals surface area contributed by atoms with Crippen LogP contribution in [-0.2, 0) is 0 Å². The summed E-state index contributed by atoms with van der Waals surface area (Å²) in [7, 11) is 0. The Labute approximate surface area is 118 Å². The van der Waals surface area contributed by atoms with Crippen molar-refractivity contribution in [2.45, 2.75) is 45.1 Å². The molecule has 1 aliphatic carbocycles. The average Bonchev–Trinajstić information content (AvgIpc) is 2.74. The number of pyridine rings is 1. The maximum Gasteiger partial charge on any atom is 0.202 e. The molecule has 5 heteroatoms. The molecule has 2 heterocycles. The van der Waals surface area contributed by atoms with E-state index in [1.54, 1.807) is 6.20 Å². The van der Waals surface area contributed by atoms with Gasteiger partial charge in [0.05, 0.1) is 5.02 Å². The summed E-state index contributed by atoms with van der Waals surface area (Å²) < 4.78 is 2.07. The van der Waals surface area contributed by atoms with E-state index in [0.29, 0.717) is 22.9 Å². The first-order chi connectivity index (χ1) is 9.16. The highest BCUT2D eigenvalue weighted by atomic mass is 35.5. The molecule has 102 valence electrons. The Kier molecular flexibility index (Phi) is 3.35. The van der Waals surface area contributed by atoms with Crippen LogP contribution in [0.1, 0.15) is 45.1 Å². The molecule has 1 unspecified atom stereocenters. The Balaban J connectivity index is 2.01. The lowest BCUT2D eigenvalue weighted by Gasteiger charge is -2.29. The zero-order valence-corrected chi connectivity index (χ0v) is 11.9. The van der Waals surface area contributed by atoms with Gasteiger partial charge in [0.25, 0.3) is 0 Å². The molecule has 0 radical (unpaired) electrons. The molecule has 2 N–H and O–H groups in total. The van der Waals surface area contributed by atoms with E-state index in [-0.39, 0.29) is 0 Å². The van der Waals surface area contributed by atoms with E-state index < -0.39 is 0 Å². The zero-order valence-electron chi connectivity index (χ0n) is 11.1. The molecular formula is C14H19ClN4. The quantitative estimate of drug-likeness (QED) is 0.909. The van der Waals surface area contributed by atoms with Gasteiger partial charge in [-0.3, -0.25) is 4.57 Å². The number of nitrogen functional groups attached to an aromatic ring is 1. The van der Waals surface area contributed by atoms with Crippen LogP contribution >= 0.6 is 11.6 Å². The Bertz CT molecular complexity index is 586. The Morgan fingerprint density at radius 3 is 2.84 bits per heavy atom. The topological polar surface area (TPSA) is 56.7 Å². The van der Waals surface area contributed by atoms with Crippen molar-refractivity contribution in [2.75, 3.05) is 5.73 Å². The summed E-state index contributed by atoms with van der Waals surface area (Å²) >= 11 is 5.96. The lowest BCUT2D eigenvalue weighted by Crippen LogP contribution is -2.20. The highest BCUT2D eigenvalue weighted by Gasteiger charge is 2.24. The second-order valence-corrected chi connectivity index (χ2v) is 5.91. The minimum Gasteiger partial charge on any atom is -0.369 e. The predicted octanol–water partition coefficient (Wildman–Crippen LogP) is 3.81. The van der Waals surface area contributed by atoms with E-state index in [9.17, 15) is 0 Å². The van der Waals surface area contributed by atoms with Crippen LogP contribution in [0.4, 0.5) is 5.95 Å². The van der Waals surface area contributed by atoms with Crippen LogP contribution in [0.5, 0.6) is 0 Å². The van der Waals surface area contributed by atoms with Gasteiger partial charge < -0.3 is 5.73 Å². The van der Waals surface area contributed by atoms with Crippen LogP contribution in [0.2, 0.25) is 5.02 Å². The molecule has 0 aliphatic heterocycles. The number of hydrogen-bond donors (Lipinski definition) is 1. The van der Waals surface area contributed by atoms with Crippen LogP contribution in [0, 0.1) is 5.92 Å². The van der Waals surface area contributed by atoms with Gasteiger partial charge in [0.15, 0.2) is 5.65 Å². The number of imidazole rings is 1. The van der Waals surface area contributed by atoms with Gasteiger partial charge in [0.2, 0.25) is 5.95 Å². The predicted molar refractivity (Wildman–Crippen MR) is 78.2 cm³/mol. The van der Waals surface area contributed by atoms with E-state index in [2.05, 4.69) is 21.5 Å². The normalized spacial score (nSPS) is 18.8. The number of rotatable bonds is 2. The highest BCUT2D eigenvalue weighted by molar-refractivity contribution is 6.31. The molecule has 0 aromatic carbocycles. The zero-order chi connectivity index (χ0) is 13.4. The molecule has 4 nitrogen and oxygen atoms in total. The maximum atomic E-state index is 6.08. The molecule has 2 aromatic rings. The summed E-state index contributed by atoms with van der Waals surface area (Å²) in [4.78, 5) is 8.79. The molecule has 3 rings (SSSR count). The second-order valence-electron chi connectivity index (χ2n) is 5.47. The number of aromatic nitrogens is 3. The fourth-order valence-corrected chi connectivity index (χ4v) is 3.36. The molecule has 19 heavy (non-hydrogen) atoms. The number of nitrogens with two attached hydrogens (primary N) is 1. The number of hydrogen-bond acceptors (Lipinski definition) is 3. The summed E-state index contributed by atoms with van der Waals surface area (Å²) in [5.74, 6) is 1.22. The van der Waals surface area contributed by atoms with Crippen molar-refractivity contribution in [3.05, 3.63) is 17.3 Å². The van der Waals surface area contributed by atoms with Gasteiger partial charge in [-0.1, -0.05) is 30.9 Å². The SMILES string of the molecule is CC(C1CCCCC1)n1c(N)nc2cc(Cl)cnc21. The maximum absolute atomic E-state index is 6.08. The third-order valence-electron chi connectivity index (χ3n) is 4.26. The molecule has 1 atom stereocenters. The van der Waals surface area contributed by atoms with Crippen molar-refractivity contribution < 1.29 is 0 Å². The smallest absolute Gasteiger partial charge is 0.202 e. The number of nitrogens with zero attached hydrogens (tertiary/aromatic N) is 3. The lowest BCUT2D eigenvalue weighted by molar-refractivity contribution is 0.269. The summed E-state index contributed by atoms with van der Waals surface area (Å²) in [5.41, 5.74) is 7.71. The molecule has 0 bridgehead atoms. The van der Waals surface area contributed by atoms with Crippen LogP contribution < -0.4 is 5.73 Å². The van der Waals surface area contributed by atoms with Gasteiger partial charge in [0, 0.05) is 12.2 Å². The van der Waals surface area contributed by atoms with Crippen molar-refractivity contribution in [3.63, 3.8) is 0 Å². The van der Waals surface area contributed by atoms with Crippen molar-refractivity contribution in [1.29, 1.82) is 0 Å². The number of anilines is 1. The third-order valence-corrected chi connectivity index (χ3v) is 4.47. The fourth-order valence-electron chi connectivity index (χ4n) is 3.20. The summed E-state index contributed by atoms with van der Waals surface area (Å²) in [5, 5.41) is 0.600. The van der Waals surface area contributed by atoms with Gasteiger partial charge in [0.1, 0.15) is 5.52 Å². The Morgan fingerprint density at radius 1 is 1.37 bits per heavy atom. The molecule has 1 saturated carbocycles. The Hall–Kier alpha value is -1.29. The first-order valence-corrected chi connectivity index (χ1v) is 7.33. The van der Waals surface area contributed by atoms with E-state index >= 15 is 0 Å². The van der Waals surface area contributed by atoms with Gasteiger partial charge >= 0.3 is 0 Å². The summed E-state index contributed by atoms with van der Waals surface area (Å²) in [6.07, 6.45) is 8.20. The molecular weight excluding hydrogens is 260 g/mol. The molecule has 0 spiro atoms. The molecule has 0 saturated heterocycles. The monoisotopic (exact) mass is 278 g/mol. The van der Waals surface area contributed by atoms with E-state index in [1.165, 1.54) is 32.1 Å². The molecule has 2 aromatic heterocycles. The third kappa shape index (κ3) is 2.29. The van der Waals surface area contributed by atoms with Crippen LogP contribution in [-0.4, -0.2) is 14.5 Å². The van der Waals surface area contributed by atoms with Crippen LogP contribution in [0.3, 0.4) is 0 Å². The first-order valence-electron chi connectivity index (χ1n) is 6.96. The van der Waals surface area contributed by atoms with E-state index in [1.807, 2.05) is 6.07 Å². The average molecular weight is 279 g/mol. The van der Waals surface area contributed by atoms with Crippen LogP contribution in [0.15, 0.2) is 12.3 Å². The molecule has 1 aliphatic rings. The minimum atomic E-state index is 0.346. The standard InChI is InChI=1S/C14H19ClN4/c1-9(10-5-3-2-4-6-10)19-13-12(18-14(19)16)7-11(15)8-17-13/h7-10H,2-6H2,1H3,(H2,16,18). The lowest BCUT2D eigenvalue weighted by atomic mass is 9.84. The largest absolute Gasteiger partial charge is 0.369 e. The minimum absolute atomic E-state index is 0.346. The van der Waals surface area contributed by atoms with E-state index in [4.69, 9.17) is 17.3 Å². The highest BCUT2D eigenvalue weighted by Crippen LogP contribution is 2.35. The first kappa shape index (κ1) is 12.7. The van der Waals surface area contributed by atoms with Crippen LogP contribution in [0.25, 0.3) is 11.2 Å². The summed E-state index contributed by atoms with van der Waals surface area (Å²) in [6.45, 7) is 2.23. The molecule has 0 amide bonds. The van der Waals surface area contributed by atoms with Crippen molar-refractivity contribution in [3.8, 4) is 0 Å². The van der Waals surface area contributed by atoms with Gasteiger partial charge in [-0.15, -0.1) is 0 Å². The van der Waals surface area contributed by atoms with Gasteiger partial charge in [-0.2, -0.15) is 0 Å². The second kappa shape index (κ2) is 5.00. The number of halogens is 1. The van der Waals surface area contributed by atoms with Crippen molar-refractivity contribution in [2.24, 2.45) is 5.92 Å². The Morgan fingerprint density at radius 2 is 2.11 bits per heavy atom. The fraction of sp³-hybridized carbons (Fsp3) is 0.571. The van der Waals surface area contributed by atoms with Crippen molar-refractivity contribution in [1.82, 2.24) is 14.5 Å². The van der Waals surface area contributed by atoms with Gasteiger partial charge in [-0.25, -0.2) is 9.97 Å². The number of fused-ring (bicyclic) bond motifs is 1. The van der Waals surface area contributed by atoms with Gasteiger partial charge in [-0.05, 0) is 31.7 Å². The van der Waals surface area contributed by atoms with E-state index in [0.717, 1.165) is 11.2 Å². The van der Waals surface area contributed by atoms with Crippen molar-refractivity contribution >= 4 is 28.7 Å².